The molecule has 754 valence electrons. The van der Waals surface area contributed by atoms with Crippen LogP contribution in [-0.2, 0) is 90.0 Å². The molecule has 8 fully saturated rings. The normalized spacial score (nSPS) is 36.3. The van der Waals surface area contributed by atoms with E-state index in [4.69, 9.17) is 66.6 Å². The van der Waals surface area contributed by atoms with Gasteiger partial charge in [-0.3, -0.25) is 52.7 Å². The summed E-state index contributed by atoms with van der Waals surface area (Å²) in [5, 5.41) is 115. The van der Waals surface area contributed by atoms with Crippen molar-refractivity contribution in [1.29, 1.82) is 0 Å². The van der Waals surface area contributed by atoms with E-state index in [9.17, 15) is 94.0 Å². The van der Waals surface area contributed by atoms with Crippen LogP contribution in [0.25, 0.3) is 10.9 Å². The summed E-state index contributed by atoms with van der Waals surface area (Å²) in [7, 11) is 2.57. The zero-order chi connectivity index (χ0) is 100. The van der Waals surface area contributed by atoms with Crippen molar-refractivity contribution in [1.82, 2.24) is 24.5 Å². The number of phenols is 2. The third-order valence-electron chi connectivity index (χ3n) is 33.5. The van der Waals surface area contributed by atoms with Crippen LogP contribution in [0.3, 0.4) is 0 Å². The van der Waals surface area contributed by atoms with Crippen LogP contribution < -0.4 is 25.2 Å². The number of H-pyrrole nitrogens is 1. The Morgan fingerprint density at radius 3 is 2.15 bits per heavy atom. The monoisotopic (exact) mass is 1990 g/mol. The maximum absolute atomic E-state index is 15.3. The number of aliphatic hydroxyl groups is 8. The molecule has 139 heavy (non-hydrogen) atoms. The van der Waals surface area contributed by atoms with Gasteiger partial charge in [0.2, 0.25) is 17.8 Å². The van der Waals surface area contributed by atoms with Crippen molar-refractivity contribution in [3.8, 4) is 23.0 Å². The van der Waals surface area contributed by atoms with E-state index in [1.807, 2.05) is 63.3 Å². The summed E-state index contributed by atoms with van der Waals surface area (Å²) >= 11 is 11.2. The number of nitrogens with zero attached hydrogens (tertiary/aromatic N) is 4. The number of carbonyl (C=O) groups is 9. The van der Waals surface area contributed by atoms with E-state index in [1.165, 1.54) is 58.5 Å². The number of nitrogens with one attached hydrogen (secondary N) is 2. The molecule has 4 saturated heterocycles. The van der Waals surface area contributed by atoms with Crippen LogP contribution in [0.15, 0.2) is 90.6 Å². The van der Waals surface area contributed by atoms with Gasteiger partial charge in [-0.25, -0.2) is 14.6 Å². The van der Waals surface area contributed by atoms with Gasteiger partial charge in [0, 0.05) is 168 Å². The van der Waals surface area contributed by atoms with Gasteiger partial charge >= 0.3 is 25.6 Å². The van der Waals surface area contributed by atoms with Crippen molar-refractivity contribution in [3.63, 3.8) is 0 Å². The number of ether oxygens (including phenoxy) is 7. The number of phenolic OH excluding ortho intramolecular Hbond substituents is 2. The Hall–Kier alpha value is -8.76. The number of allylic oxidation sites excluding steroid dienone is 4. The van der Waals surface area contributed by atoms with E-state index in [2.05, 4.69) is 32.9 Å². The number of nitrogens with two attached hydrogens (primary N) is 1. The molecule has 19 rings (SSSR count). The molecule has 2 unspecified atom stereocenters. The van der Waals surface area contributed by atoms with Crippen molar-refractivity contribution >= 4 is 101 Å². The highest BCUT2D eigenvalue weighted by Gasteiger charge is 2.81. The summed E-state index contributed by atoms with van der Waals surface area (Å²) in [6, 6.07) is 13.6. The number of aliphatic hydroxyl groups excluding tert-OH is 4. The second-order valence-corrected chi connectivity index (χ2v) is 43.3. The lowest BCUT2D eigenvalue weighted by molar-refractivity contribution is -0.247. The number of ketones is 5. The third kappa shape index (κ3) is 16.5. The largest absolute Gasteiger partial charge is 0.507 e. The summed E-state index contributed by atoms with van der Waals surface area (Å²) in [5.74, 6) is -5.22. The van der Waals surface area contributed by atoms with E-state index in [0.29, 0.717) is 144 Å². The number of aromatic amines is 1. The van der Waals surface area contributed by atoms with Crippen molar-refractivity contribution in [3.05, 3.63) is 146 Å². The lowest BCUT2D eigenvalue weighted by Crippen LogP contribution is -2.81. The van der Waals surface area contributed by atoms with Gasteiger partial charge < -0.3 is 104 Å². The zero-order valence-electron chi connectivity index (χ0n) is 79.9. The van der Waals surface area contributed by atoms with Crippen LogP contribution in [0, 0.1) is 39.9 Å². The number of carbonyl (C=O) groups excluding carboxylic acids is 9. The maximum atomic E-state index is 15.3. The molecule has 24 atom stereocenters. The number of esters is 3. The van der Waals surface area contributed by atoms with Gasteiger partial charge in [0.1, 0.15) is 52.8 Å². The standard InChI is InChI=1S/C46H56N4O10.C27H29NO11.C21H28O5.C7H15Cl2N2O2P/c1-7-42(55)22-28-23-45(40(53)58-5,36-30(14-18-48(24-28)25-42)29-12-9-10-13-33(29)47-36)32-20-31-34(21-35(32)57-4)50(26-51)38-44(31)16-19-49-17-11-15-43(8-2,37(44)49)39(60-27(3)52)46(38,56)41(54)59-6;1-10-22(31)13(28)6-17(38-10)39-15-8-27(36,16(30)9-29)7-12-19(15)26(35)21-20(24(12)33)23(32)11-4-3-5-14(37-2)18(11)25(21)34;1-19-7-5-13(23)9-12(19)3-4-14-15-6-8-21(26,17(25)11-22)20(15,2)10-16(24)18(14)19;8-2-5-11(6-3-9)14(12)10-4-1-7-13-14/h9-13,15,20-21,26,28,37-39,47,55-56H,7-8,14,16-19,22-25H2,1-6H3;3-5,10,13,15,17,22,29,31,33,35-36H,6-9,28H2,1-2H3;5,7,9,14-16,18,22,24,26H,3-4,6,8,10-11H2,1-2H3;1-7H2,(H,10,12)/t28-,37-,38+,39+,42-,43+,44+,45-,46-;10-,13-,15-,17-,22+,27-;14-,15-,16-,18+,19-,20-,21-;/m000./s1. The molecular formula is C101H128Cl2N7O28P. The Balaban J connectivity index is 0.000000150. The average Bonchev–Trinajstić information content (AvgIpc) is 1.48. The molecule has 5 aromatic rings. The molecule has 38 heteroatoms. The molecule has 2 bridgehead atoms. The van der Waals surface area contributed by atoms with Gasteiger partial charge in [-0.2, -0.15) is 0 Å². The molecule has 1 aromatic heterocycles. The van der Waals surface area contributed by atoms with Crippen molar-refractivity contribution in [2.45, 2.75) is 226 Å². The number of piperidine rings is 1. The number of methoxy groups -OCH3 is 4. The molecule has 4 aromatic carbocycles. The fourth-order valence-electron chi connectivity index (χ4n) is 27.3. The van der Waals surface area contributed by atoms with Gasteiger partial charge in [-0.1, -0.05) is 81.8 Å². The number of benzene rings is 4. The number of aromatic nitrogens is 1. The topological polar surface area (TPSA) is 514 Å². The van der Waals surface area contributed by atoms with Crippen molar-refractivity contribution in [2.75, 3.05) is 117 Å². The fourth-order valence-corrected chi connectivity index (χ4v) is 30.0. The number of para-hydroxylation sites is 1. The van der Waals surface area contributed by atoms with Gasteiger partial charge in [0.25, 0.3) is 0 Å². The smallest absolute Gasteiger partial charge is 0.344 e. The zero-order valence-corrected chi connectivity index (χ0v) is 82.3. The number of alkyl halides is 2. The summed E-state index contributed by atoms with van der Waals surface area (Å²) < 4.78 is 59.9. The third-order valence-corrected chi connectivity index (χ3v) is 36.2. The molecule has 1 spiro atoms. The summed E-state index contributed by atoms with van der Waals surface area (Å²) in [6.07, 6.45) is 9.28. The number of fused-ring (bicyclic) bond motifs is 14. The molecule has 4 saturated carbocycles. The molecular weight excluding hydrogens is 1860 g/mol. The minimum Gasteiger partial charge on any atom is -0.507 e. The highest BCUT2D eigenvalue weighted by atomic mass is 35.5. The van der Waals surface area contributed by atoms with Crippen LogP contribution in [0.4, 0.5) is 5.69 Å². The van der Waals surface area contributed by atoms with Gasteiger partial charge in [0.15, 0.2) is 35.5 Å². The number of anilines is 1. The van der Waals surface area contributed by atoms with E-state index in [0.717, 1.165) is 54.3 Å². The number of Topliss-reactive ketones (excluding diaryl/α,β-unsaturated/α-hetero) is 2. The predicted octanol–water partition coefficient (Wildman–Crippen LogP) is 6.96. The molecule has 14 aliphatic rings. The number of hydrogen-bond acceptors (Lipinski definition) is 31. The summed E-state index contributed by atoms with van der Waals surface area (Å²) in [6.45, 7) is 14.4. The minimum absolute atomic E-state index is 0.00912. The van der Waals surface area contributed by atoms with Crippen molar-refractivity contribution in [2.24, 2.45) is 45.7 Å². The Morgan fingerprint density at radius 2 is 1.50 bits per heavy atom. The number of halogens is 2. The first-order valence-electron chi connectivity index (χ1n) is 47.9. The molecule has 8 heterocycles. The van der Waals surface area contributed by atoms with Crippen LogP contribution in [0.5, 0.6) is 23.0 Å². The Bertz CT molecular complexity index is 5830. The Labute approximate surface area is 815 Å². The van der Waals surface area contributed by atoms with E-state index in [-0.39, 0.29) is 75.7 Å². The van der Waals surface area contributed by atoms with E-state index in [1.54, 1.807) is 29.8 Å². The molecule has 35 nitrogen and oxygen atoms in total. The average molecular weight is 1990 g/mol. The van der Waals surface area contributed by atoms with Crippen LogP contribution in [0.2, 0.25) is 0 Å². The Kier molecular flexibility index (Phi) is 29.0. The van der Waals surface area contributed by atoms with Gasteiger partial charge in [-0.15, -0.1) is 23.2 Å². The fraction of sp³-hybridized carbons (Fsp3) is 0.594. The maximum Gasteiger partial charge on any atom is 0.344 e. The predicted molar refractivity (Wildman–Crippen MR) is 507 cm³/mol. The summed E-state index contributed by atoms with van der Waals surface area (Å²) in [4.78, 5) is 130. The lowest BCUT2D eigenvalue weighted by Gasteiger charge is -2.63. The number of rotatable bonds is 20. The van der Waals surface area contributed by atoms with E-state index < -0.39 is 196 Å². The number of hydrogen-bond donors (Lipinski definition) is 13. The van der Waals surface area contributed by atoms with Crippen LogP contribution in [0.1, 0.15) is 196 Å². The first-order valence-corrected chi connectivity index (χ1v) is 50.6. The first-order chi connectivity index (χ1) is 66.1. The molecule has 14 N–H and O–H groups in total. The molecule has 1 amide bonds. The quantitative estimate of drug-likeness (QED) is 0.00698. The molecule has 0 radical (unpaired) electrons. The molecule has 7 aliphatic heterocycles. The second kappa shape index (κ2) is 39.1. The number of amides is 1. The highest BCUT2D eigenvalue weighted by molar-refractivity contribution is 7.54. The molecule has 7 aliphatic carbocycles. The van der Waals surface area contributed by atoms with Gasteiger partial charge in [0.05, 0.1) is 93.5 Å². The Morgan fingerprint density at radius 1 is 0.791 bits per heavy atom. The number of aromatic hydroxyl groups is 2. The minimum atomic E-state index is -2.84. The summed E-state index contributed by atoms with van der Waals surface area (Å²) in [5.41, 5.74) is -2.32. The highest BCUT2D eigenvalue weighted by Crippen LogP contribution is 2.71. The van der Waals surface area contributed by atoms with E-state index >= 15 is 4.79 Å². The van der Waals surface area contributed by atoms with Crippen molar-refractivity contribution < 1.29 is 136 Å². The first kappa shape index (κ1) is 103. The lowest BCUT2D eigenvalue weighted by atomic mass is 9.46. The van der Waals surface area contributed by atoms with Gasteiger partial charge in [-0.05, 0) is 150 Å². The van der Waals surface area contributed by atoms with Crippen LogP contribution in [-0.4, -0.2) is 307 Å². The SMILES string of the molecule is CC[C@]1(O)C[C@@H]2CN(CCc3c([nH]c4ccccc34)[C@@](C(=O)OC)(c3cc4c(cc3OC)N(C=O)[C@H]3[C@@](O)(C(=O)OC)[C@H](OC(C)=O)[C@]5(CC)C=CCN6CC[C@]43[C@@H]65)C2)C1.COc1cccc2c1C(=O)c1c(O)c3c(c(O)c1C2=O)C[C@@](O)(C(=O)CO)C[C@@H]3O[C@H]1C[C@H](N)[C@H](O)[C@H](C)O1.C[C@]12C=CC(=O)C=C1CC[C@@H]1[C@@H]2[C@@H](O)C[C@@]2(C)[C@H]1CC[C@]2(O)C(=O)CO.O=P1(N(CCCl)CCCl)NCCCO1. The second-order valence-electron chi connectivity index (χ2n) is 40.4. The van der Waals surface area contributed by atoms with Crippen LogP contribution >= 0.6 is 30.9 Å².